The third-order valence-electron chi connectivity index (χ3n) is 17.3. The first-order valence-electron chi connectivity index (χ1n) is 26.5. The molecule has 0 atom stereocenters. The maximum absolute atomic E-state index is 6.66. The van der Waals surface area contributed by atoms with E-state index in [1.54, 1.807) is 0 Å². The van der Waals surface area contributed by atoms with Crippen molar-refractivity contribution < 1.29 is 9.31 Å². The van der Waals surface area contributed by atoms with Crippen LogP contribution in [0.2, 0.25) is 5.02 Å². The van der Waals surface area contributed by atoms with E-state index < -0.39 is 34.5 Å². The molecule has 0 spiro atoms. The summed E-state index contributed by atoms with van der Waals surface area (Å²) in [5.74, 6) is 0. The van der Waals surface area contributed by atoms with Gasteiger partial charge in [0.25, 0.3) is 0 Å². The molecule has 0 N–H and O–H groups in total. The molecule has 3 heterocycles. The molecule has 0 unspecified atom stereocenters. The van der Waals surface area contributed by atoms with Gasteiger partial charge >= 0.3 is 7.12 Å². The Morgan fingerprint density at radius 2 is 0.632 bits per heavy atom. The molecule has 1 fully saturated rings. The highest BCUT2D eigenvalue weighted by atomic mass is 35.5. The number of halogens is 1. The van der Waals surface area contributed by atoms with Gasteiger partial charge in [-0.2, -0.15) is 0 Å². The van der Waals surface area contributed by atoms with Crippen molar-refractivity contribution >= 4 is 125 Å². The lowest BCUT2D eigenvalue weighted by molar-refractivity contribution is 0.00578. The molecule has 3 aliphatic heterocycles. The molecule has 364 valence electrons. The van der Waals surface area contributed by atoms with Crippen LogP contribution in [-0.4, -0.2) is 34.5 Å². The molecule has 3 aliphatic rings. The molecular weight excluding hydrogens is 975 g/mol. The highest BCUT2D eigenvalue weighted by molar-refractivity contribution is 7.24. The van der Waals surface area contributed by atoms with Crippen LogP contribution in [0.3, 0.4) is 0 Å². The number of hydrogen-bond acceptors (Lipinski definition) is 2. The van der Waals surface area contributed by atoms with Gasteiger partial charge in [-0.1, -0.05) is 254 Å². The Morgan fingerprint density at radius 3 is 1.01 bits per heavy atom. The summed E-state index contributed by atoms with van der Waals surface area (Å²) in [6.07, 6.45) is 0. The molecule has 0 aliphatic carbocycles. The van der Waals surface area contributed by atoms with Gasteiger partial charge in [0.1, 0.15) is 0 Å². The van der Waals surface area contributed by atoms with Crippen molar-refractivity contribution in [2.75, 3.05) is 0 Å². The largest absolute Gasteiger partial charge is 0.494 e. The van der Waals surface area contributed by atoms with Crippen LogP contribution in [0.25, 0.3) is 65.3 Å². The van der Waals surface area contributed by atoms with E-state index in [1.807, 2.05) is 0 Å². The van der Waals surface area contributed by atoms with Crippen molar-refractivity contribution in [3.8, 4) is 22.3 Å². The molecule has 0 aromatic heterocycles. The molecule has 15 rings (SSSR count). The van der Waals surface area contributed by atoms with E-state index in [0.717, 1.165) is 10.5 Å². The second-order valence-corrected chi connectivity index (χ2v) is 29.6. The van der Waals surface area contributed by atoms with Crippen molar-refractivity contribution in [3.05, 3.63) is 260 Å². The fourth-order valence-electron chi connectivity index (χ4n) is 13.4. The van der Waals surface area contributed by atoms with E-state index in [1.165, 1.54) is 107 Å². The number of benzene rings is 12. The second-order valence-electron chi connectivity index (χ2n) is 21.7. The minimum Gasteiger partial charge on any atom is -0.399 e. The standard InChI is InChI=1S/C38H33BO2Si.C32H21ClSi/c1-37(2)38(3,4)41-39(40-37)26-23-24-34-33(25-26)35-31-21-13-11-19-29(31)30-20-12-14-22-32(30)36(35)42(34,27-15-7-5-8-16-27)28-17-9-6-10-18-28;33-22-19-20-30-29(21-22)31-27-17-9-7-15-25(27)26-16-8-10-18-28(26)32(31)34(30,23-11-3-1-4-12-23)24-13-5-2-6-14-24/h5-25H,1-4H3;1-21H. The Kier molecular flexibility index (Phi) is 10.9. The molecule has 12 aromatic rings. The van der Waals surface area contributed by atoms with Crippen molar-refractivity contribution in [2.24, 2.45) is 0 Å². The SMILES string of the molecule is CC1(C)OB(c2ccc3c(c2)-c2c(c4ccccc4c4ccccc24)[Si]3(c2ccccc2)c2ccccc2)OC1(C)C.Clc1ccc2c(c1)-c1c(c3ccccc3c3ccccc13)[Si]2(c1ccccc1)c1ccccc1. The summed E-state index contributed by atoms with van der Waals surface area (Å²) in [6.45, 7) is 8.49. The summed E-state index contributed by atoms with van der Waals surface area (Å²) in [5.41, 5.74) is 5.57. The fourth-order valence-corrected chi connectivity index (χ4v) is 24.4. The van der Waals surface area contributed by atoms with E-state index in [4.69, 9.17) is 20.9 Å². The smallest absolute Gasteiger partial charge is 0.399 e. The van der Waals surface area contributed by atoms with Crippen LogP contribution in [0, 0.1) is 0 Å². The van der Waals surface area contributed by atoms with Gasteiger partial charge < -0.3 is 9.31 Å². The van der Waals surface area contributed by atoms with E-state index in [9.17, 15) is 0 Å². The highest BCUT2D eigenvalue weighted by Crippen LogP contribution is 2.43. The molecular formula is C70H54BClO2Si2. The lowest BCUT2D eigenvalue weighted by Gasteiger charge is -2.32. The van der Waals surface area contributed by atoms with Crippen LogP contribution in [-0.2, 0) is 9.31 Å². The van der Waals surface area contributed by atoms with Gasteiger partial charge in [0.05, 0.1) is 11.2 Å². The zero-order chi connectivity index (χ0) is 51.4. The maximum atomic E-state index is 6.66. The van der Waals surface area contributed by atoms with E-state index >= 15 is 0 Å². The van der Waals surface area contributed by atoms with Gasteiger partial charge in [0.15, 0.2) is 16.1 Å². The topological polar surface area (TPSA) is 18.5 Å². The number of hydrogen-bond donors (Lipinski definition) is 0. The third kappa shape index (κ3) is 6.73. The first kappa shape index (κ1) is 46.9. The zero-order valence-corrected chi connectivity index (χ0v) is 45.8. The predicted octanol–water partition coefficient (Wildman–Crippen LogP) is 11.7. The molecule has 6 heteroatoms. The number of rotatable bonds is 5. The summed E-state index contributed by atoms with van der Waals surface area (Å²) in [6, 6.07) is 94.1. The van der Waals surface area contributed by atoms with Crippen molar-refractivity contribution in [2.45, 2.75) is 38.9 Å². The van der Waals surface area contributed by atoms with Gasteiger partial charge in [-0.15, -0.1) is 0 Å². The van der Waals surface area contributed by atoms with Gasteiger partial charge in [-0.05, 0) is 152 Å². The van der Waals surface area contributed by atoms with Gasteiger partial charge in [0.2, 0.25) is 0 Å². The van der Waals surface area contributed by atoms with E-state index in [-0.39, 0.29) is 0 Å². The molecule has 0 radical (unpaired) electrons. The Morgan fingerprint density at radius 1 is 0.329 bits per heavy atom. The summed E-state index contributed by atoms with van der Waals surface area (Å²) in [7, 11) is -5.71. The first-order chi connectivity index (χ1) is 37.1. The van der Waals surface area contributed by atoms with E-state index in [0.29, 0.717) is 0 Å². The number of fused-ring (bicyclic) bond motifs is 16. The minimum atomic E-state index is -2.71. The van der Waals surface area contributed by atoms with Crippen LogP contribution in [0.4, 0.5) is 0 Å². The minimum absolute atomic E-state index is 0.399. The van der Waals surface area contributed by atoms with Gasteiger partial charge in [-0.25, -0.2) is 0 Å². The molecule has 2 nitrogen and oxygen atoms in total. The summed E-state index contributed by atoms with van der Waals surface area (Å²) < 4.78 is 13.1. The van der Waals surface area contributed by atoms with Gasteiger partial charge in [-0.3, -0.25) is 0 Å². The van der Waals surface area contributed by atoms with Crippen LogP contribution in [0.15, 0.2) is 255 Å². The summed E-state index contributed by atoms with van der Waals surface area (Å²) in [5, 5.41) is 22.8. The van der Waals surface area contributed by atoms with Crippen molar-refractivity contribution in [1.29, 1.82) is 0 Å². The molecule has 0 amide bonds. The van der Waals surface area contributed by atoms with Gasteiger partial charge in [0, 0.05) is 5.02 Å². The monoisotopic (exact) mass is 1030 g/mol. The normalized spacial score (nSPS) is 16.0. The summed E-state index contributed by atoms with van der Waals surface area (Å²) in [4.78, 5) is 0. The first-order valence-corrected chi connectivity index (χ1v) is 30.9. The molecule has 0 bridgehead atoms. The Bertz CT molecular complexity index is 4160. The average molecular weight is 1030 g/mol. The Labute approximate surface area is 452 Å². The Balaban J connectivity index is 0.000000142. The molecule has 1 saturated heterocycles. The summed E-state index contributed by atoms with van der Waals surface area (Å²) >= 11 is 6.66. The molecule has 0 saturated carbocycles. The molecule has 12 aromatic carbocycles. The lowest BCUT2D eigenvalue weighted by Crippen LogP contribution is -2.73. The zero-order valence-electron chi connectivity index (χ0n) is 43.0. The second kappa shape index (κ2) is 17.7. The Hall–Kier alpha value is -7.61. The van der Waals surface area contributed by atoms with Crippen LogP contribution in [0.1, 0.15) is 27.7 Å². The fraction of sp³-hybridized carbons (Fsp3) is 0.0857. The quantitative estimate of drug-likeness (QED) is 0.126. The third-order valence-corrected chi connectivity index (χ3v) is 27.4. The highest BCUT2D eigenvalue weighted by Gasteiger charge is 2.55. The van der Waals surface area contributed by atoms with Crippen LogP contribution >= 0.6 is 11.6 Å². The predicted molar refractivity (Wildman–Crippen MR) is 329 cm³/mol. The maximum Gasteiger partial charge on any atom is 0.494 e. The average Bonchev–Trinajstić information content (AvgIpc) is 4.26. The van der Waals surface area contributed by atoms with Crippen molar-refractivity contribution in [1.82, 2.24) is 0 Å². The molecule has 76 heavy (non-hydrogen) atoms. The van der Waals surface area contributed by atoms with E-state index in [2.05, 4.69) is 282 Å². The van der Waals surface area contributed by atoms with Crippen molar-refractivity contribution in [3.63, 3.8) is 0 Å². The lowest BCUT2D eigenvalue weighted by atomic mass is 9.77. The van der Waals surface area contributed by atoms with Crippen LogP contribution in [0.5, 0.6) is 0 Å². The van der Waals surface area contributed by atoms with Crippen LogP contribution < -0.4 is 47.0 Å².